The third-order valence-corrected chi connectivity index (χ3v) is 3.01. The van der Waals surface area contributed by atoms with Crippen LogP contribution < -0.4 is 10.6 Å². The van der Waals surface area contributed by atoms with E-state index < -0.39 is 6.04 Å². The van der Waals surface area contributed by atoms with Crippen molar-refractivity contribution < 1.29 is 9.53 Å². The van der Waals surface area contributed by atoms with Gasteiger partial charge in [0.15, 0.2) is 0 Å². The highest BCUT2D eigenvalue weighted by molar-refractivity contribution is 5.98. The topological polar surface area (TPSA) is 55.6 Å². The molecule has 1 aliphatic heterocycles. The van der Waals surface area contributed by atoms with Gasteiger partial charge >= 0.3 is 0 Å². The van der Waals surface area contributed by atoms with Gasteiger partial charge in [0.25, 0.3) is 0 Å². The fraction of sp³-hybridized carbons (Fsp3) is 0.462. The lowest BCUT2D eigenvalue weighted by molar-refractivity contribution is -0.119. The molecular weight excluding hydrogens is 216 g/mol. The number of carbonyl (C=O) groups excluding carboxylic acids is 1. The molecule has 2 N–H and O–H groups in total. The number of fused-ring (bicyclic) bond motifs is 1. The molecule has 0 fully saturated rings. The molecule has 0 saturated carbocycles. The van der Waals surface area contributed by atoms with E-state index in [1.165, 1.54) is 5.56 Å². The zero-order valence-electron chi connectivity index (χ0n) is 10.3. The van der Waals surface area contributed by atoms with Crippen molar-refractivity contribution in [3.05, 3.63) is 29.3 Å². The summed E-state index contributed by atoms with van der Waals surface area (Å²) < 4.78 is 5.10. The molecule has 17 heavy (non-hydrogen) atoms. The molecule has 0 saturated heterocycles. The van der Waals surface area contributed by atoms with Gasteiger partial charge in [-0.05, 0) is 30.5 Å². The minimum atomic E-state index is -0.445. The minimum absolute atomic E-state index is 0.0109. The predicted molar refractivity (Wildman–Crippen MR) is 66.9 cm³/mol. The van der Waals surface area contributed by atoms with Crippen LogP contribution >= 0.6 is 0 Å². The lowest BCUT2D eigenvalue weighted by atomic mass is 10.1. The second-order valence-corrected chi connectivity index (χ2v) is 4.42. The van der Waals surface area contributed by atoms with E-state index in [4.69, 9.17) is 10.5 Å². The van der Waals surface area contributed by atoms with Crippen molar-refractivity contribution in [1.29, 1.82) is 0 Å². The zero-order valence-corrected chi connectivity index (χ0v) is 10.3. The maximum atomic E-state index is 11.9. The first-order chi connectivity index (χ1) is 8.13. The summed E-state index contributed by atoms with van der Waals surface area (Å²) in [6.07, 6.45) is 0.894. The Bertz CT molecular complexity index is 429. The molecule has 1 aromatic carbocycles. The normalized spacial score (nSPS) is 15.8. The van der Waals surface area contributed by atoms with Crippen LogP contribution in [0.3, 0.4) is 0 Å². The van der Waals surface area contributed by atoms with Crippen molar-refractivity contribution in [3.8, 4) is 0 Å². The molecule has 1 heterocycles. The molecule has 1 aliphatic rings. The van der Waals surface area contributed by atoms with Gasteiger partial charge in [0.05, 0.1) is 12.6 Å². The van der Waals surface area contributed by atoms with Gasteiger partial charge in [0.2, 0.25) is 5.91 Å². The fourth-order valence-electron chi connectivity index (χ4n) is 2.19. The number of hydrogen-bond donors (Lipinski definition) is 1. The first-order valence-corrected chi connectivity index (χ1v) is 5.81. The Morgan fingerprint density at radius 3 is 3.00 bits per heavy atom. The molecule has 0 aliphatic carbocycles. The number of benzene rings is 1. The number of anilines is 1. The Morgan fingerprint density at radius 2 is 2.35 bits per heavy atom. The van der Waals surface area contributed by atoms with Gasteiger partial charge in [-0.2, -0.15) is 0 Å². The van der Waals surface area contributed by atoms with Crippen LogP contribution in [0.15, 0.2) is 18.2 Å². The molecule has 92 valence electrons. The molecule has 0 radical (unpaired) electrons. The van der Waals surface area contributed by atoms with Crippen LogP contribution in [0.1, 0.15) is 18.1 Å². The molecule has 0 unspecified atom stereocenters. The summed E-state index contributed by atoms with van der Waals surface area (Å²) in [7, 11) is 1.68. The van der Waals surface area contributed by atoms with Gasteiger partial charge in [0.1, 0.15) is 0 Å². The summed E-state index contributed by atoms with van der Waals surface area (Å²) in [6.45, 7) is 3.06. The van der Waals surface area contributed by atoms with E-state index in [1.807, 2.05) is 12.1 Å². The van der Waals surface area contributed by atoms with E-state index in [2.05, 4.69) is 6.07 Å². The first kappa shape index (κ1) is 12.1. The Morgan fingerprint density at radius 1 is 1.59 bits per heavy atom. The number of carbonyl (C=O) groups is 1. The summed E-state index contributed by atoms with van der Waals surface area (Å²) in [5.41, 5.74) is 8.97. The number of nitrogens with two attached hydrogens (primary N) is 1. The Hall–Kier alpha value is -1.39. The number of rotatable bonds is 3. The number of nitrogens with zero attached hydrogens (tertiary/aromatic N) is 1. The van der Waals surface area contributed by atoms with Gasteiger partial charge in [-0.15, -0.1) is 0 Å². The average molecular weight is 234 g/mol. The lowest BCUT2D eigenvalue weighted by Gasteiger charge is -2.19. The van der Waals surface area contributed by atoms with Crippen molar-refractivity contribution in [1.82, 2.24) is 0 Å². The van der Waals surface area contributed by atoms with Gasteiger partial charge in [-0.1, -0.05) is 12.1 Å². The Balaban J connectivity index is 2.24. The van der Waals surface area contributed by atoms with Crippen LogP contribution in [0.2, 0.25) is 0 Å². The monoisotopic (exact) mass is 234 g/mol. The zero-order chi connectivity index (χ0) is 12.4. The highest BCUT2D eigenvalue weighted by atomic mass is 16.5. The Labute approximate surface area is 101 Å². The average Bonchev–Trinajstić information content (AvgIpc) is 2.71. The third kappa shape index (κ3) is 2.33. The van der Waals surface area contributed by atoms with Crippen molar-refractivity contribution in [3.63, 3.8) is 0 Å². The van der Waals surface area contributed by atoms with E-state index in [1.54, 1.807) is 18.9 Å². The largest absolute Gasteiger partial charge is 0.380 e. The molecule has 1 atom stereocenters. The smallest absolute Gasteiger partial charge is 0.243 e. The van der Waals surface area contributed by atoms with Crippen molar-refractivity contribution in [2.75, 3.05) is 18.6 Å². The standard InChI is InChI=1S/C13H18N2O2/c1-9(14)13(16)15-6-5-11-7-10(8-17-2)3-4-12(11)15/h3-4,7,9H,5-6,8,14H2,1-2H3/t9-/m0/s1. The summed E-state index contributed by atoms with van der Waals surface area (Å²) in [5.74, 6) is -0.0109. The van der Waals surface area contributed by atoms with Crippen LogP contribution in [0.25, 0.3) is 0 Å². The highest BCUT2D eigenvalue weighted by Crippen LogP contribution is 2.29. The second-order valence-electron chi connectivity index (χ2n) is 4.42. The van der Waals surface area contributed by atoms with E-state index in [0.29, 0.717) is 6.61 Å². The SMILES string of the molecule is COCc1ccc2c(c1)CCN2C(=O)[C@H](C)N. The number of methoxy groups -OCH3 is 1. The molecule has 0 aromatic heterocycles. The second kappa shape index (κ2) is 4.85. The van der Waals surface area contributed by atoms with Gasteiger partial charge in [0, 0.05) is 19.3 Å². The van der Waals surface area contributed by atoms with Crippen LogP contribution in [0, 0.1) is 0 Å². The number of hydrogen-bond acceptors (Lipinski definition) is 3. The molecular formula is C13H18N2O2. The van der Waals surface area contributed by atoms with E-state index in [0.717, 1.165) is 24.2 Å². The third-order valence-electron chi connectivity index (χ3n) is 3.01. The van der Waals surface area contributed by atoms with E-state index in [9.17, 15) is 4.79 Å². The molecule has 1 amide bonds. The Kier molecular flexibility index (Phi) is 3.45. The summed E-state index contributed by atoms with van der Waals surface area (Å²) in [6, 6.07) is 5.64. The molecule has 4 nitrogen and oxygen atoms in total. The van der Waals surface area contributed by atoms with E-state index >= 15 is 0 Å². The van der Waals surface area contributed by atoms with Crippen molar-refractivity contribution in [2.45, 2.75) is 26.0 Å². The van der Waals surface area contributed by atoms with Crippen LogP contribution in [0.5, 0.6) is 0 Å². The number of ether oxygens (including phenoxy) is 1. The lowest BCUT2D eigenvalue weighted by Crippen LogP contribution is -2.41. The summed E-state index contributed by atoms with van der Waals surface area (Å²) in [5, 5.41) is 0. The molecule has 4 heteroatoms. The fourth-order valence-corrected chi connectivity index (χ4v) is 2.19. The van der Waals surface area contributed by atoms with Gasteiger partial charge in [-0.3, -0.25) is 4.79 Å². The summed E-state index contributed by atoms with van der Waals surface area (Å²) in [4.78, 5) is 13.7. The highest BCUT2D eigenvalue weighted by Gasteiger charge is 2.26. The maximum absolute atomic E-state index is 11.9. The summed E-state index contributed by atoms with van der Waals surface area (Å²) >= 11 is 0. The maximum Gasteiger partial charge on any atom is 0.243 e. The number of amides is 1. The molecule has 2 rings (SSSR count). The first-order valence-electron chi connectivity index (χ1n) is 5.81. The van der Waals surface area contributed by atoms with Gasteiger partial charge in [-0.25, -0.2) is 0 Å². The van der Waals surface area contributed by atoms with E-state index in [-0.39, 0.29) is 5.91 Å². The predicted octanol–water partition coefficient (Wildman–Crippen LogP) is 1.07. The van der Waals surface area contributed by atoms with Crippen LogP contribution in [-0.2, 0) is 22.6 Å². The quantitative estimate of drug-likeness (QED) is 0.851. The molecule has 1 aromatic rings. The van der Waals surface area contributed by atoms with Gasteiger partial charge < -0.3 is 15.4 Å². The van der Waals surface area contributed by atoms with Crippen LogP contribution in [0.4, 0.5) is 5.69 Å². The van der Waals surface area contributed by atoms with Crippen molar-refractivity contribution >= 4 is 11.6 Å². The molecule has 0 bridgehead atoms. The van der Waals surface area contributed by atoms with Crippen LogP contribution in [-0.4, -0.2) is 25.6 Å². The minimum Gasteiger partial charge on any atom is -0.380 e. The molecule has 0 spiro atoms. The van der Waals surface area contributed by atoms with Crippen molar-refractivity contribution in [2.24, 2.45) is 5.73 Å².